The number of hydrogen-bond acceptors (Lipinski definition) is 5. The lowest BCUT2D eigenvalue weighted by atomic mass is 9.98. The third-order valence-electron chi connectivity index (χ3n) is 9.72. The van der Waals surface area contributed by atoms with E-state index in [-0.39, 0.29) is 0 Å². The first-order valence-electron chi connectivity index (χ1n) is 16.7. The smallest absolute Gasteiger partial charge is 0.146 e. The van der Waals surface area contributed by atoms with E-state index in [0.717, 1.165) is 77.4 Å². The SMILES string of the molecule is Cc1cc(C)c(-c2cn3c4cccnc4c4ccc(Oc5ccc6c(c5)c5nc(-c7ccccc7)cn5c5cccnc65)cc4c3n2)c(C)c1. The molecule has 238 valence electrons. The molecule has 0 saturated heterocycles. The maximum Gasteiger partial charge on any atom is 0.146 e. The second-order valence-corrected chi connectivity index (χ2v) is 13.0. The van der Waals surface area contributed by atoms with Gasteiger partial charge in [-0.3, -0.25) is 18.8 Å². The molecule has 0 saturated carbocycles. The van der Waals surface area contributed by atoms with Crippen LogP contribution in [0.25, 0.3) is 77.4 Å². The van der Waals surface area contributed by atoms with Gasteiger partial charge in [-0.2, -0.15) is 0 Å². The van der Waals surface area contributed by atoms with Crippen LogP contribution in [0, 0.1) is 20.8 Å². The van der Waals surface area contributed by atoms with Crippen LogP contribution < -0.4 is 4.74 Å². The molecule has 0 N–H and O–H groups in total. The normalized spacial score (nSPS) is 11.9. The number of aryl methyl sites for hydroxylation is 3. The highest BCUT2D eigenvalue weighted by molar-refractivity contribution is 6.12. The molecule has 0 amide bonds. The van der Waals surface area contributed by atoms with Crippen molar-refractivity contribution in [3.05, 3.63) is 145 Å². The number of aromatic nitrogens is 6. The highest BCUT2D eigenvalue weighted by Gasteiger charge is 2.18. The van der Waals surface area contributed by atoms with Crippen LogP contribution in [-0.2, 0) is 0 Å². The van der Waals surface area contributed by atoms with E-state index in [1.807, 2.05) is 54.9 Å². The molecular weight excluding hydrogens is 617 g/mol. The zero-order chi connectivity index (χ0) is 33.5. The van der Waals surface area contributed by atoms with E-state index in [1.54, 1.807) is 0 Å². The average molecular weight is 647 g/mol. The highest BCUT2D eigenvalue weighted by Crippen LogP contribution is 2.37. The lowest BCUT2D eigenvalue weighted by molar-refractivity contribution is 0.484. The number of imidazole rings is 2. The summed E-state index contributed by atoms with van der Waals surface area (Å²) < 4.78 is 10.9. The second kappa shape index (κ2) is 10.7. The van der Waals surface area contributed by atoms with Gasteiger partial charge in [-0.25, -0.2) is 9.97 Å². The van der Waals surface area contributed by atoms with Crippen LogP contribution in [0.4, 0.5) is 0 Å². The van der Waals surface area contributed by atoms with Crippen molar-refractivity contribution in [1.29, 1.82) is 0 Å². The third kappa shape index (κ3) is 4.30. The fourth-order valence-electron chi connectivity index (χ4n) is 7.65. The fraction of sp³-hybridized carbons (Fsp3) is 0.0698. The average Bonchev–Trinajstić information content (AvgIpc) is 3.78. The van der Waals surface area contributed by atoms with Crippen molar-refractivity contribution in [1.82, 2.24) is 28.7 Å². The van der Waals surface area contributed by atoms with Crippen molar-refractivity contribution < 1.29 is 4.74 Å². The Balaban J connectivity index is 1.14. The zero-order valence-corrected chi connectivity index (χ0v) is 27.7. The first-order valence-corrected chi connectivity index (χ1v) is 16.7. The molecule has 7 nitrogen and oxygen atoms in total. The van der Waals surface area contributed by atoms with Crippen LogP contribution in [0.1, 0.15) is 16.7 Å². The summed E-state index contributed by atoms with van der Waals surface area (Å²) in [6, 6.07) is 35.2. The first-order chi connectivity index (χ1) is 24.5. The summed E-state index contributed by atoms with van der Waals surface area (Å²) in [5.74, 6) is 1.42. The summed E-state index contributed by atoms with van der Waals surface area (Å²) in [4.78, 5) is 20.0. The van der Waals surface area contributed by atoms with Crippen molar-refractivity contribution in [3.8, 4) is 34.0 Å². The summed E-state index contributed by atoms with van der Waals surface area (Å²) in [5, 5.41) is 3.99. The standard InChI is InChI=1S/C43H30N6O/c1-25-19-26(2)39(27(3)20-25)36-24-49-38-12-8-18-45-41(38)32-16-14-30(22-34(32)43(49)47-36)50-29-13-15-31-33(21-29)42-46-35(28-9-5-4-6-10-28)23-48(42)37-11-7-17-44-40(31)37/h4-24H,1-3H3. The van der Waals surface area contributed by atoms with E-state index in [0.29, 0.717) is 11.5 Å². The Kier molecular flexibility index (Phi) is 6.08. The molecule has 0 radical (unpaired) electrons. The van der Waals surface area contributed by atoms with E-state index >= 15 is 0 Å². The van der Waals surface area contributed by atoms with Gasteiger partial charge < -0.3 is 4.74 Å². The molecule has 10 aromatic rings. The van der Waals surface area contributed by atoms with Gasteiger partial charge in [0.1, 0.15) is 22.8 Å². The molecule has 6 aromatic heterocycles. The van der Waals surface area contributed by atoms with Gasteiger partial charge in [0.25, 0.3) is 0 Å². The second-order valence-electron chi connectivity index (χ2n) is 13.0. The van der Waals surface area contributed by atoms with Crippen LogP contribution in [0.3, 0.4) is 0 Å². The van der Waals surface area contributed by atoms with Crippen molar-refractivity contribution in [2.45, 2.75) is 20.8 Å². The Morgan fingerprint density at radius 1 is 0.520 bits per heavy atom. The Hall–Kier alpha value is -6.60. The number of pyridine rings is 4. The van der Waals surface area contributed by atoms with Gasteiger partial charge in [-0.15, -0.1) is 0 Å². The summed E-state index contributed by atoms with van der Waals surface area (Å²) in [7, 11) is 0. The van der Waals surface area contributed by atoms with Gasteiger partial charge in [0.15, 0.2) is 0 Å². The van der Waals surface area contributed by atoms with Gasteiger partial charge in [-0.1, -0.05) is 48.0 Å². The van der Waals surface area contributed by atoms with E-state index in [2.05, 4.69) is 103 Å². The topological polar surface area (TPSA) is 69.6 Å². The van der Waals surface area contributed by atoms with Gasteiger partial charge in [-0.05, 0) is 92.6 Å². The van der Waals surface area contributed by atoms with Gasteiger partial charge in [0.2, 0.25) is 0 Å². The molecule has 0 fully saturated rings. The van der Waals surface area contributed by atoms with Crippen LogP contribution in [0.2, 0.25) is 0 Å². The van der Waals surface area contributed by atoms with Gasteiger partial charge >= 0.3 is 0 Å². The first kappa shape index (κ1) is 28.4. The molecule has 0 aliphatic rings. The van der Waals surface area contributed by atoms with Crippen LogP contribution in [0.15, 0.2) is 128 Å². The molecule has 0 unspecified atom stereocenters. The van der Waals surface area contributed by atoms with Crippen molar-refractivity contribution in [2.24, 2.45) is 0 Å². The third-order valence-corrected chi connectivity index (χ3v) is 9.72. The van der Waals surface area contributed by atoms with E-state index in [1.165, 1.54) is 16.7 Å². The van der Waals surface area contributed by atoms with Crippen molar-refractivity contribution in [2.75, 3.05) is 0 Å². The van der Waals surface area contributed by atoms with E-state index in [4.69, 9.17) is 24.7 Å². The minimum Gasteiger partial charge on any atom is -0.457 e. The molecule has 0 spiro atoms. The lowest BCUT2D eigenvalue weighted by Gasteiger charge is -2.12. The van der Waals surface area contributed by atoms with Crippen LogP contribution >= 0.6 is 0 Å². The van der Waals surface area contributed by atoms with Crippen LogP contribution in [-0.4, -0.2) is 28.7 Å². The minimum atomic E-state index is 0.711. The Morgan fingerprint density at radius 2 is 1.06 bits per heavy atom. The molecule has 50 heavy (non-hydrogen) atoms. The largest absolute Gasteiger partial charge is 0.457 e. The lowest BCUT2D eigenvalue weighted by Crippen LogP contribution is -1.94. The molecule has 0 bridgehead atoms. The highest BCUT2D eigenvalue weighted by atomic mass is 16.5. The monoisotopic (exact) mass is 646 g/mol. The van der Waals surface area contributed by atoms with Crippen molar-refractivity contribution in [3.63, 3.8) is 0 Å². The summed E-state index contributed by atoms with van der Waals surface area (Å²) >= 11 is 0. The molecule has 6 heterocycles. The number of hydrogen-bond donors (Lipinski definition) is 0. The number of nitrogens with zero attached hydrogens (tertiary/aromatic N) is 6. The summed E-state index contributed by atoms with van der Waals surface area (Å²) in [6.07, 6.45) is 7.91. The van der Waals surface area contributed by atoms with Gasteiger partial charge in [0.05, 0.1) is 33.5 Å². The Morgan fingerprint density at radius 3 is 1.64 bits per heavy atom. The predicted octanol–water partition coefficient (Wildman–Crippen LogP) is 10.4. The quantitative estimate of drug-likeness (QED) is 0.178. The molecule has 0 aliphatic heterocycles. The summed E-state index contributed by atoms with van der Waals surface area (Å²) in [5.41, 5.74) is 13.3. The molecule has 0 aliphatic carbocycles. The van der Waals surface area contributed by atoms with Crippen molar-refractivity contribution >= 4 is 54.9 Å². The maximum absolute atomic E-state index is 6.64. The number of ether oxygens (including phenoxy) is 1. The predicted molar refractivity (Wildman–Crippen MR) is 201 cm³/mol. The fourth-order valence-corrected chi connectivity index (χ4v) is 7.65. The Bertz CT molecular complexity index is 2970. The number of fused-ring (bicyclic) bond motifs is 12. The molecule has 7 heteroatoms. The van der Waals surface area contributed by atoms with E-state index < -0.39 is 0 Å². The van der Waals surface area contributed by atoms with Crippen LogP contribution in [0.5, 0.6) is 11.5 Å². The number of benzene rings is 4. The maximum atomic E-state index is 6.64. The molecular formula is C43H30N6O. The molecule has 0 atom stereocenters. The minimum absolute atomic E-state index is 0.711. The molecule has 4 aromatic carbocycles. The Labute approximate surface area is 287 Å². The molecule has 10 rings (SSSR count). The zero-order valence-electron chi connectivity index (χ0n) is 27.7. The van der Waals surface area contributed by atoms with E-state index in [9.17, 15) is 0 Å². The summed E-state index contributed by atoms with van der Waals surface area (Å²) in [6.45, 7) is 6.45. The van der Waals surface area contributed by atoms with Gasteiger partial charge in [0, 0.05) is 57.5 Å². The number of rotatable bonds is 4.